The number of amides is 1. The van der Waals surface area contributed by atoms with Crippen LogP contribution < -0.4 is 14.4 Å². The summed E-state index contributed by atoms with van der Waals surface area (Å²) >= 11 is 0. The van der Waals surface area contributed by atoms with E-state index >= 15 is 0 Å². The van der Waals surface area contributed by atoms with Crippen LogP contribution in [0.2, 0.25) is 0 Å². The van der Waals surface area contributed by atoms with Gasteiger partial charge in [-0.3, -0.25) is 4.79 Å². The second-order valence-electron chi connectivity index (χ2n) is 6.90. The minimum absolute atomic E-state index is 0.134. The molecule has 27 heavy (non-hydrogen) atoms. The van der Waals surface area contributed by atoms with Gasteiger partial charge in [0.1, 0.15) is 18.1 Å². The number of rotatable bonds is 3. The van der Waals surface area contributed by atoms with Gasteiger partial charge in [0.15, 0.2) is 0 Å². The molecule has 0 aliphatic carbocycles. The predicted octanol–water partition coefficient (Wildman–Crippen LogP) is 1.78. The molecule has 142 valence electrons. The molecule has 1 fully saturated rings. The normalized spacial score (nSPS) is 19.7. The number of benzene rings is 1. The van der Waals surface area contributed by atoms with Crippen LogP contribution in [0.15, 0.2) is 36.7 Å². The van der Waals surface area contributed by atoms with Gasteiger partial charge < -0.3 is 19.3 Å². The molecular formula is C20H24N4O3. The van der Waals surface area contributed by atoms with Gasteiger partial charge in [0.05, 0.1) is 13.0 Å². The van der Waals surface area contributed by atoms with Crippen LogP contribution in [0.5, 0.6) is 11.5 Å². The van der Waals surface area contributed by atoms with Crippen LogP contribution >= 0.6 is 0 Å². The maximum absolute atomic E-state index is 13.1. The first-order valence-electron chi connectivity index (χ1n) is 9.35. The summed E-state index contributed by atoms with van der Waals surface area (Å²) < 4.78 is 11.1. The molecule has 2 aliphatic heterocycles. The Morgan fingerprint density at radius 2 is 2.04 bits per heavy atom. The molecule has 3 heterocycles. The van der Waals surface area contributed by atoms with Gasteiger partial charge in [-0.15, -0.1) is 0 Å². The monoisotopic (exact) mass is 368 g/mol. The number of nitrogens with zero attached hydrogens (tertiary/aromatic N) is 4. The third kappa shape index (κ3) is 3.82. The van der Waals surface area contributed by atoms with E-state index in [4.69, 9.17) is 9.47 Å². The fourth-order valence-electron chi connectivity index (χ4n) is 3.69. The SMILES string of the molecule is COc1ccc2c(c1)OC[C@H](C(=O)N1CCCN(c3ncccn3)CC1)C2. The highest BCUT2D eigenvalue weighted by Gasteiger charge is 2.31. The second kappa shape index (κ2) is 7.82. The highest BCUT2D eigenvalue weighted by Crippen LogP contribution is 2.31. The molecule has 0 saturated carbocycles. The lowest BCUT2D eigenvalue weighted by atomic mass is 9.95. The lowest BCUT2D eigenvalue weighted by Crippen LogP contribution is -2.42. The number of carbonyl (C=O) groups excluding carboxylic acids is 1. The first-order chi connectivity index (χ1) is 13.2. The molecule has 2 aliphatic rings. The van der Waals surface area contributed by atoms with Gasteiger partial charge in [-0.25, -0.2) is 9.97 Å². The molecule has 4 rings (SSSR count). The maximum Gasteiger partial charge on any atom is 0.229 e. The number of methoxy groups -OCH3 is 1. The number of carbonyl (C=O) groups is 1. The molecule has 7 nitrogen and oxygen atoms in total. The number of fused-ring (bicyclic) bond motifs is 1. The third-order valence-electron chi connectivity index (χ3n) is 5.17. The van der Waals surface area contributed by atoms with Crippen molar-refractivity contribution in [3.63, 3.8) is 0 Å². The average Bonchev–Trinajstić information content (AvgIpc) is 2.99. The Labute approximate surface area is 158 Å². The Bertz CT molecular complexity index is 799. The highest BCUT2D eigenvalue weighted by molar-refractivity contribution is 5.80. The van der Waals surface area contributed by atoms with Gasteiger partial charge in [0, 0.05) is 44.6 Å². The molecule has 1 amide bonds. The van der Waals surface area contributed by atoms with E-state index in [9.17, 15) is 4.79 Å². The van der Waals surface area contributed by atoms with Gasteiger partial charge in [0.2, 0.25) is 11.9 Å². The molecular weight excluding hydrogens is 344 g/mol. The molecule has 2 aromatic rings. The minimum atomic E-state index is -0.134. The summed E-state index contributed by atoms with van der Waals surface area (Å²) in [5.41, 5.74) is 1.06. The molecule has 1 aromatic heterocycles. The van der Waals surface area contributed by atoms with Crippen LogP contribution in [-0.4, -0.2) is 60.7 Å². The molecule has 7 heteroatoms. The summed E-state index contributed by atoms with van der Waals surface area (Å²) in [5, 5.41) is 0. The number of anilines is 1. The Morgan fingerprint density at radius 3 is 2.85 bits per heavy atom. The van der Waals surface area contributed by atoms with Crippen LogP contribution in [0.4, 0.5) is 5.95 Å². The first-order valence-corrected chi connectivity index (χ1v) is 9.35. The van der Waals surface area contributed by atoms with Crippen LogP contribution in [0.1, 0.15) is 12.0 Å². The van der Waals surface area contributed by atoms with E-state index in [1.165, 1.54) is 0 Å². The zero-order valence-corrected chi connectivity index (χ0v) is 15.5. The van der Waals surface area contributed by atoms with Crippen LogP contribution in [0, 0.1) is 5.92 Å². The van der Waals surface area contributed by atoms with E-state index in [1.54, 1.807) is 19.5 Å². The van der Waals surface area contributed by atoms with Crippen molar-refractivity contribution in [1.29, 1.82) is 0 Å². The van der Waals surface area contributed by atoms with Crippen molar-refractivity contribution >= 4 is 11.9 Å². The van der Waals surface area contributed by atoms with Crippen molar-refractivity contribution in [3.8, 4) is 11.5 Å². The van der Waals surface area contributed by atoms with Crippen molar-refractivity contribution in [2.75, 3.05) is 44.8 Å². The summed E-state index contributed by atoms with van der Waals surface area (Å²) in [6.45, 7) is 3.47. The largest absolute Gasteiger partial charge is 0.497 e. The van der Waals surface area contributed by atoms with Crippen LogP contribution in [-0.2, 0) is 11.2 Å². The van der Waals surface area contributed by atoms with Crippen molar-refractivity contribution in [2.24, 2.45) is 5.92 Å². The third-order valence-corrected chi connectivity index (χ3v) is 5.17. The molecule has 1 saturated heterocycles. The number of hydrogen-bond donors (Lipinski definition) is 0. The van der Waals surface area contributed by atoms with Crippen molar-refractivity contribution < 1.29 is 14.3 Å². The van der Waals surface area contributed by atoms with Crippen molar-refractivity contribution in [2.45, 2.75) is 12.8 Å². The molecule has 0 radical (unpaired) electrons. The zero-order chi connectivity index (χ0) is 18.6. The summed E-state index contributed by atoms with van der Waals surface area (Å²) in [6.07, 6.45) is 5.12. The topological polar surface area (TPSA) is 67.8 Å². The van der Waals surface area contributed by atoms with Gasteiger partial charge in [-0.05, 0) is 30.5 Å². The Hall–Kier alpha value is -2.83. The average molecular weight is 368 g/mol. The number of aromatic nitrogens is 2. The Kier molecular flexibility index (Phi) is 5.09. The van der Waals surface area contributed by atoms with Crippen LogP contribution in [0.25, 0.3) is 0 Å². The van der Waals surface area contributed by atoms with E-state index in [1.807, 2.05) is 29.2 Å². The van der Waals surface area contributed by atoms with Gasteiger partial charge in [-0.2, -0.15) is 0 Å². The Balaban J connectivity index is 1.39. The first kappa shape index (κ1) is 17.6. The van der Waals surface area contributed by atoms with E-state index < -0.39 is 0 Å². The molecule has 0 spiro atoms. The molecule has 0 bridgehead atoms. The molecule has 0 unspecified atom stereocenters. The summed E-state index contributed by atoms with van der Waals surface area (Å²) in [4.78, 5) is 25.8. The number of ether oxygens (including phenoxy) is 2. The summed E-state index contributed by atoms with van der Waals surface area (Å²) in [6, 6.07) is 7.61. The van der Waals surface area contributed by atoms with E-state index in [-0.39, 0.29) is 11.8 Å². The predicted molar refractivity (Wildman–Crippen MR) is 101 cm³/mol. The number of hydrogen-bond acceptors (Lipinski definition) is 6. The van der Waals surface area contributed by atoms with Gasteiger partial charge >= 0.3 is 0 Å². The van der Waals surface area contributed by atoms with Gasteiger partial charge in [0.25, 0.3) is 0 Å². The van der Waals surface area contributed by atoms with E-state index in [2.05, 4.69) is 14.9 Å². The second-order valence-corrected chi connectivity index (χ2v) is 6.90. The maximum atomic E-state index is 13.1. The van der Waals surface area contributed by atoms with E-state index in [0.29, 0.717) is 19.6 Å². The fraction of sp³-hybridized carbons (Fsp3) is 0.450. The highest BCUT2D eigenvalue weighted by atomic mass is 16.5. The smallest absolute Gasteiger partial charge is 0.229 e. The zero-order valence-electron chi connectivity index (χ0n) is 15.5. The fourth-order valence-corrected chi connectivity index (χ4v) is 3.69. The standard InChI is InChI=1S/C20H24N4O3/c1-26-17-5-4-15-12-16(14-27-18(15)13-17)19(25)23-8-3-9-24(11-10-23)20-21-6-2-7-22-20/h2,4-7,13,16H,3,8-12,14H2,1H3/t16-/m1/s1. The molecule has 0 N–H and O–H groups in total. The molecule has 1 aromatic carbocycles. The lowest BCUT2D eigenvalue weighted by molar-refractivity contribution is -0.136. The minimum Gasteiger partial charge on any atom is -0.497 e. The summed E-state index contributed by atoms with van der Waals surface area (Å²) in [5.74, 6) is 2.37. The van der Waals surface area contributed by atoms with Crippen molar-refractivity contribution in [1.82, 2.24) is 14.9 Å². The quantitative estimate of drug-likeness (QED) is 0.823. The molecule has 1 atom stereocenters. The van der Waals surface area contributed by atoms with Gasteiger partial charge in [-0.1, -0.05) is 6.07 Å². The Morgan fingerprint density at radius 1 is 1.19 bits per heavy atom. The van der Waals surface area contributed by atoms with Crippen LogP contribution in [0.3, 0.4) is 0 Å². The summed E-state index contributed by atoms with van der Waals surface area (Å²) in [7, 11) is 1.64. The lowest BCUT2D eigenvalue weighted by Gasteiger charge is -2.30. The van der Waals surface area contributed by atoms with Crippen molar-refractivity contribution in [3.05, 3.63) is 42.2 Å². The van der Waals surface area contributed by atoms with E-state index in [0.717, 1.165) is 49.1 Å².